The van der Waals surface area contributed by atoms with Gasteiger partial charge in [-0.1, -0.05) is 36.4 Å². The monoisotopic (exact) mass is 528 g/mol. The average Bonchev–Trinajstić information content (AvgIpc) is 2.88. The molecule has 4 aromatic carbocycles. The molecule has 0 aliphatic heterocycles. The summed E-state index contributed by atoms with van der Waals surface area (Å²) in [5.41, 5.74) is 12.8. The van der Waals surface area contributed by atoms with E-state index in [2.05, 4.69) is 0 Å². The van der Waals surface area contributed by atoms with Crippen LogP contribution in [-0.4, -0.2) is 0 Å². The number of benzene rings is 4. The lowest BCUT2D eigenvalue weighted by molar-refractivity contribution is -0.138. The Morgan fingerprint density at radius 1 is 0.579 bits per heavy atom. The summed E-state index contributed by atoms with van der Waals surface area (Å²) in [4.78, 5) is 0. The summed E-state index contributed by atoms with van der Waals surface area (Å²) in [6.45, 7) is 1.06. The van der Waals surface area contributed by atoms with E-state index in [0.29, 0.717) is 16.9 Å². The Labute approximate surface area is 216 Å². The molecule has 0 unspecified atom stereocenters. The molecule has 0 aromatic heterocycles. The molecule has 4 N–H and O–H groups in total. The van der Waals surface area contributed by atoms with Gasteiger partial charge in [0.1, 0.15) is 23.0 Å². The standard InChI is InChI=1S/C29H25F5N2O2/c1-28(30,31)24-12-2-18(16-35)14-26(24)37-22-8-4-20(5-9-22)21-6-10-23(11-7-21)38-27-15-19(17-36)3-13-25(27)29(32,33)34/h2-15H,16-17,35-36H2,1H3. The maximum Gasteiger partial charge on any atom is 0.419 e. The first-order valence-corrected chi connectivity index (χ1v) is 11.7. The van der Waals surface area contributed by atoms with Crippen molar-refractivity contribution in [2.45, 2.75) is 32.1 Å². The van der Waals surface area contributed by atoms with E-state index in [-0.39, 0.29) is 35.9 Å². The summed E-state index contributed by atoms with van der Waals surface area (Å²) in [5, 5.41) is 0. The molecule has 4 aromatic rings. The first-order chi connectivity index (χ1) is 18.0. The number of ether oxygens (including phenoxy) is 2. The predicted octanol–water partition coefficient (Wildman–Crippen LogP) is 7.99. The highest BCUT2D eigenvalue weighted by molar-refractivity contribution is 5.65. The van der Waals surface area contributed by atoms with Crippen LogP contribution in [-0.2, 0) is 25.2 Å². The van der Waals surface area contributed by atoms with Crippen LogP contribution in [0.3, 0.4) is 0 Å². The zero-order valence-corrected chi connectivity index (χ0v) is 20.4. The van der Waals surface area contributed by atoms with Gasteiger partial charge in [-0.25, -0.2) is 8.78 Å². The van der Waals surface area contributed by atoms with Gasteiger partial charge < -0.3 is 20.9 Å². The third-order valence-electron chi connectivity index (χ3n) is 5.84. The molecule has 198 valence electrons. The number of hydrogen-bond acceptors (Lipinski definition) is 4. The molecule has 0 aliphatic rings. The Balaban J connectivity index is 1.52. The molecule has 0 fully saturated rings. The van der Waals surface area contributed by atoms with Crippen LogP contribution < -0.4 is 20.9 Å². The van der Waals surface area contributed by atoms with Crippen LogP contribution in [0.4, 0.5) is 22.0 Å². The molecule has 0 radical (unpaired) electrons. The summed E-state index contributed by atoms with van der Waals surface area (Å²) >= 11 is 0. The maximum atomic E-state index is 14.0. The molecule has 38 heavy (non-hydrogen) atoms. The van der Waals surface area contributed by atoms with Crippen molar-refractivity contribution in [2.75, 3.05) is 0 Å². The van der Waals surface area contributed by atoms with Gasteiger partial charge in [0.25, 0.3) is 5.92 Å². The summed E-state index contributed by atoms with van der Waals surface area (Å²) in [5.74, 6) is -2.83. The lowest BCUT2D eigenvalue weighted by atomic mass is 10.0. The normalized spacial score (nSPS) is 11.9. The average molecular weight is 529 g/mol. The number of alkyl halides is 5. The van der Waals surface area contributed by atoms with Gasteiger partial charge in [-0.3, -0.25) is 0 Å². The Hall–Kier alpha value is -3.95. The molecule has 9 heteroatoms. The third kappa shape index (κ3) is 6.30. The van der Waals surface area contributed by atoms with Gasteiger partial charge in [-0.05, 0) is 70.8 Å². The molecule has 0 spiro atoms. The topological polar surface area (TPSA) is 70.5 Å². The van der Waals surface area contributed by atoms with Crippen LogP contribution in [0.15, 0.2) is 84.9 Å². The quantitative estimate of drug-likeness (QED) is 0.228. The molecule has 0 atom stereocenters. The summed E-state index contributed by atoms with van der Waals surface area (Å²) in [6.07, 6.45) is -4.58. The fourth-order valence-electron chi connectivity index (χ4n) is 3.84. The molecular formula is C29H25F5N2O2. The van der Waals surface area contributed by atoms with Crippen LogP contribution in [0.25, 0.3) is 11.1 Å². The Bertz CT molecular complexity index is 1290. The van der Waals surface area contributed by atoms with Crippen molar-refractivity contribution in [1.82, 2.24) is 0 Å². The van der Waals surface area contributed by atoms with E-state index in [1.165, 1.54) is 30.3 Å². The molecule has 0 heterocycles. The molecular weight excluding hydrogens is 503 g/mol. The van der Waals surface area contributed by atoms with Gasteiger partial charge in [-0.2, -0.15) is 13.2 Å². The zero-order chi connectivity index (χ0) is 27.5. The van der Waals surface area contributed by atoms with Gasteiger partial charge in [-0.15, -0.1) is 0 Å². The summed E-state index contributed by atoms with van der Waals surface area (Å²) in [7, 11) is 0. The van der Waals surface area contributed by atoms with E-state index < -0.39 is 17.7 Å². The molecule has 0 amide bonds. The van der Waals surface area contributed by atoms with E-state index in [0.717, 1.165) is 24.1 Å². The van der Waals surface area contributed by atoms with E-state index in [1.54, 1.807) is 48.5 Å². The lowest BCUT2D eigenvalue weighted by Gasteiger charge is -2.17. The van der Waals surface area contributed by atoms with Crippen molar-refractivity contribution in [2.24, 2.45) is 11.5 Å². The zero-order valence-electron chi connectivity index (χ0n) is 20.4. The molecule has 4 rings (SSSR count). The minimum absolute atomic E-state index is 0.0200. The predicted molar refractivity (Wildman–Crippen MR) is 135 cm³/mol. The molecule has 0 saturated heterocycles. The van der Waals surface area contributed by atoms with Crippen LogP contribution in [0.1, 0.15) is 29.2 Å². The first-order valence-electron chi connectivity index (χ1n) is 11.7. The minimum atomic E-state index is -4.58. The second-order valence-corrected chi connectivity index (χ2v) is 8.71. The molecule has 0 aliphatic carbocycles. The van der Waals surface area contributed by atoms with Crippen molar-refractivity contribution < 1.29 is 31.4 Å². The SMILES string of the molecule is CC(F)(F)c1ccc(CN)cc1Oc1ccc(-c2ccc(Oc3cc(CN)ccc3C(F)(F)F)cc2)cc1. The second-order valence-electron chi connectivity index (χ2n) is 8.71. The summed E-state index contributed by atoms with van der Waals surface area (Å²) in [6, 6.07) is 21.2. The van der Waals surface area contributed by atoms with Crippen molar-refractivity contribution in [1.29, 1.82) is 0 Å². The number of hydrogen-bond donors (Lipinski definition) is 2. The van der Waals surface area contributed by atoms with Gasteiger partial charge in [0.2, 0.25) is 0 Å². The maximum absolute atomic E-state index is 14.0. The van der Waals surface area contributed by atoms with Crippen molar-refractivity contribution in [3.8, 4) is 34.1 Å². The third-order valence-corrected chi connectivity index (χ3v) is 5.84. The lowest BCUT2D eigenvalue weighted by Crippen LogP contribution is -2.10. The van der Waals surface area contributed by atoms with Crippen LogP contribution in [0.5, 0.6) is 23.0 Å². The first kappa shape index (κ1) is 27.1. The van der Waals surface area contributed by atoms with Gasteiger partial charge in [0.05, 0.1) is 11.1 Å². The second kappa shape index (κ2) is 10.8. The highest BCUT2D eigenvalue weighted by Crippen LogP contribution is 2.40. The van der Waals surface area contributed by atoms with Gasteiger partial charge in [0.15, 0.2) is 0 Å². The fourth-order valence-corrected chi connectivity index (χ4v) is 3.84. The van der Waals surface area contributed by atoms with Gasteiger partial charge in [0, 0.05) is 20.0 Å². The minimum Gasteiger partial charge on any atom is -0.457 e. The molecule has 0 bridgehead atoms. The van der Waals surface area contributed by atoms with E-state index in [9.17, 15) is 22.0 Å². The fraction of sp³-hybridized carbons (Fsp3) is 0.172. The van der Waals surface area contributed by atoms with Crippen LogP contribution >= 0.6 is 0 Å². The van der Waals surface area contributed by atoms with E-state index >= 15 is 0 Å². The Morgan fingerprint density at radius 2 is 0.974 bits per heavy atom. The summed E-state index contributed by atoms with van der Waals surface area (Å²) < 4.78 is 79.6. The van der Waals surface area contributed by atoms with Crippen LogP contribution in [0.2, 0.25) is 0 Å². The van der Waals surface area contributed by atoms with Crippen molar-refractivity contribution in [3.63, 3.8) is 0 Å². The Kier molecular flexibility index (Phi) is 7.71. The Morgan fingerprint density at radius 3 is 1.34 bits per heavy atom. The van der Waals surface area contributed by atoms with Crippen molar-refractivity contribution in [3.05, 3.63) is 107 Å². The number of nitrogens with two attached hydrogens (primary N) is 2. The highest BCUT2D eigenvalue weighted by atomic mass is 19.4. The highest BCUT2D eigenvalue weighted by Gasteiger charge is 2.34. The smallest absolute Gasteiger partial charge is 0.419 e. The van der Waals surface area contributed by atoms with Crippen molar-refractivity contribution >= 4 is 0 Å². The number of halogens is 5. The number of rotatable bonds is 8. The molecule has 0 saturated carbocycles. The molecule has 4 nitrogen and oxygen atoms in total. The largest absolute Gasteiger partial charge is 0.457 e. The van der Waals surface area contributed by atoms with Crippen LogP contribution in [0, 0.1) is 0 Å². The van der Waals surface area contributed by atoms with Gasteiger partial charge >= 0.3 is 6.18 Å². The van der Waals surface area contributed by atoms with E-state index in [4.69, 9.17) is 20.9 Å². The van der Waals surface area contributed by atoms with E-state index in [1.807, 2.05) is 0 Å².